The number of carbonyl (C=O) groups excluding carboxylic acids is 1. The second-order valence-corrected chi connectivity index (χ2v) is 8.03. The Balaban J connectivity index is 1.44. The van der Waals surface area contributed by atoms with Gasteiger partial charge in [-0.3, -0.25) is 4.79 Å². The van der Waals surface area contributed by atoms with Gasteiger partial charge in [0.25, 0.3) is 5.91 Å². The Bertz CT molecular complexity index is 1330. The lowest BCUT2D eigenvalue weighted by molar-refractivity contribution is 0.0955. The highest BCUT2D eigenvalue weighted by molar-refractivity contribution is 7.18. The van der Waals surface area contributed by atoms with E-state index in [2.05, 4.69) is 10.6 Å². The average molecular weight is 426 g/mol. The largest absolute Gasteiger partial charge is 0.464 e. The van der Waals surface area contributed by atoms with E-state index < -0.39 is 0 Å². The van der Waals surface area contributed by atoms with E-state index in [4.69, 9.17) is 9.40 Å². The van der Waals surface area contributed by atoms with E-state index in [-0.39, 0.29) is 5.91 Å². The third-order valence-corrected chi connectivity index (χ3v) is 5.85. The van der Waals surface area contributed by atoms with Crippen molar-refractivity contribution in [1.82, 2.24) is 10.3 Å². The molecule has 6 heteroatoms. The number of amides is 1. The van der Waals surface area contributed by atoms with Gasteiger partial charge in [0, 0.05) is 23.2 Å². The lowest BCUT2D eigenvalue weighted by Crippen LogP contribution is -2.22. The van der Waals surface area contributed by atoms with Crippen molar-refractivity contribution in [2.45, 2.75) is 6.54 Å². The van der Waals surface area contributed by atoms with Crippen LogP contribution in [0.3, 0.4) is 0 Å². The van der Waals surface area contributed by atoms with Crippen LogP contribution in [0.4, 0.5) is 10.8 Å². The highest BCUT2D eigenvalue weighted by Crippen LogP contribution is 2.33. The van der Waals surface area contributed by atoms with Crippen LogP contribution in [0.1, 0.15) is 15.2 Å². The number of nitrogens with zero attached hydrogens (tertiary/aromatic N) is 1. The zero-order valence-corrected chi connectivity index (χ0v) is 17.4. The number of hydrogen-bond donors (Lipinski definition) is 2. The fourth-order valence-electron chi connectivity index (χ4n) is 3.35. The predicted octanol–water partition coefficient (Wildman–Crippen LogP) is 6.23. The lowest BCUT2D eigenvalue weighted by Gasteiger charge is -2.05. The van der Waals surface area contributed by atoms with Crippen molar-refractivity contribution in [3.63, 3.8) is 0 Å². The summed E-state index contributed by atoms with van der Waals surface area (Å²) in [7, 11) is 0. The highest BCUT2D eigenvalue weighted by Gasteiger charge is 2.19. The number of anilines is 2. The third-order valence-electron chi connectivity index (χ3n) is 4.88. The fourth-order valence-corrected chi connectivity index (χ4v) is 4.27. The molecular weight excluding hydrogens is 406 g/mol. The van der Waals surface area contributed by atoms with Gasteiger partial charge in [0.1, 0.15) is 10.5 Å². The summed E-state index contributed by atoms with van der Waals surface area (Å²) in [6.07, 6.45) is 1.67. The van der Waals surface area contributed by atoms with Gasteiger partial charge in [-0.25, -0.2) is 4.98 Å². The van der Waals surface area contributed by atoms with Gasteiger partial charge < -0.3 is 15.1 Å². The van der Waals surface area contributed by atoms with E-state index in [0.29, 0.717) is 22.2 Å². The molecule has 0 aliphatic carbocycles. The first kappa shape index (κ1) is 19.1. The number of carbonyl (C=O) groups is 1. The molecule has 0 radical (unpaired) electrons. The molecule has 0 spiro atoms. The lowest BCUT2D eigenvalue weighted by atomic mass is 10.1. The number of rotatable bonds is 6. The minimum absolute atomic E-state index is 0.140. The number of thiazole rings is 1. The molecular formula is C25H19N3O2S. The van der Waals surface area contributed by atoms with Gasteiger partial charge in [0.05, 0.1) is 12.0 Å². The summed E-state index contributed by atoms with van der Waals surface area (Å²) in [5, 5.41) is 8.01. The molecule has 152 valence electrons. The summed E-state index contributed by atoms with van der Waals surface area (Å²) in [5.74, 6) is -0.140. The van der Waals surface area contributed by atoms with Gasteiger partial charge in [0.15, 0.2) is 5.13 Å². The van der Waals surface area contributed by atoms with E-state index in [1.54, 1.807) is 6.26 Å². The number of furan rings is 1. The second-order valence-electron chi connectivity index (χ2n) is 7.03. The quantitative estimate of drug-likeness (QED) is 0.338. The topological polar surface area (TPSA) is 67.2 Å². The zero-order valence-electron chi connectivity index (χ0n) is 16.5. The van der Waals surface area contributed by atoms with Crippen molar-refractivity contribution in [2.24, 2.45) is 0 Å². The molecule has 1 amide bonds. The van der Waals surface area contributed by atoms with Crippen LogP contribution in [-0.4, -0.2) is 10.9 Å². The molecule has 3 aromatic carbocycles. The number of aromatic nitrogens is 1. The first-order valence-electron chi connectivity index (χ1n) is 9.89. The smallest absolute Gasteiger partial charge is 0.264 e. The van der Waals surface area contributed by atoms with Crippen molar-refractivity contribution in [3.05, 3.63) is 102 Å². The molecule has 2 N–H and O–H groups in total. The van der Waals surface area contributed by atoms with E-state index in [1.165, 1.54) is 11.3 Å². The second kappa shape index (κ2) is 8.45. The van der Waals surface area contributed by atoms with Crippen LogP contribution in [0.25, 0.3) is 22.2 Å². The summed E-state index contributed by atoms with van der Waals surface area (Å²) in [4.78, 5) is 18.4. The average Bonchev–Trinajstić information content (AvgIpc) is 3.45. The van der Waals surface area contributed by atoms with Crippen molar-refractivity contribution < 1.29 is 9.21 Å². The zero-order chi connectivity index (χ0) is 21.0. The molecule has 0 saturated heterocycles. The number of fused-ring (bicyclic) bond motifs is 1. The van der Waals surface area contributed by atoms with Crippen LogP contribution in [-0.2, 0) is 6.54 Å². The maximum Gasteiger partial charge on any atom is 0.264 e. The molecule has 0 fully saturated rings. The van der Waals surface area contributed by atoms with Crippen LogP contribution in [0.2, 0.25) is 0 Å². The van der Waals surface area contributed by atoms with Gasteiger partial charge in [0.2, 0.25) is 0 Å². The molecule has 0 aliphatic heterocycles. The molecule has 31 heavy (non-hydrogen) atoms. The van der Waals surface area contributed by atoms with E-state index in [9.17, 15) is 4.79 Å². The number of benzene rings is 3. The summed E-state index contributed by atoms with van der Waals surface area (Å²) in [6.45, 7) is 0.464. The van der Waals surface area contributed by atoms with Crippen LogP contribution < -0.4 is 10.6 Å². The Labute approximate surface area is 183 Å². The minimum atomic E-state index is -0.140. The molecule has 2 aromatic heterocycles. The van der Waals surface area contributed by atoms with Gasteiger partial charge in [-0.2, -0.15) is 0 Å². The van der Waals surface area contributed by atoms with Crippen LogP contribution >= 0.6 is 11.3 Å². The maximum atomic E-state index is 13.0. The van der Waals surface area contributed by atoms with Crippen LogP contribution in [0.5, 0.6) is 0 Å². The van der Waals surface area contributed by atoms with Crippen molar-refractivity contribution in [3.8, 4) is 11.3 Å². The van der Waals surface area contributed by atoms with Crippen LogP contribution in [0, 0.1) is 0 Å². The molecule has 5 rings (SSSR count). The SMILES string of the molecule is O=C(NCc1ccccc1)c1sc(Nc2ccc3occc3c2)nc1-c1ccccc1. The van der Waals surface area contributed by atoms with Crippen molar-refractivity contribution >= 4 is 39.0 Å². The predicted molar refractivity (Wildman–Crippen MR) is 125 cm³/mol. The van der Waals surface area contributed by atoms with Crippen molar-refractivity contribution in [2.75, 3.05) is 5.32 Å². The van der Waals surface area contributed by atoms with Gasteiger partial charge in [-0.15, -0.1) is 0 Å². The normalized spacial score (nSPS) is 10.8. The first-order chi connectivity index (χ1) is 15.3. The molecule has 0 unspecified atom stereocenters. The van der Waals surface area contributed by atoms with E-state index >= 15 is 0 Å². The molecule has 2 heterocycles. The fraction of sp³-hybridized carbons (Fsp3) is 0.0400. The summed E-state index contributed by atoms with van der Waals surface area (Å²) >= 11 is 1.34. The standard InChI is InChI=1S/C25H19N3O2S/c29-24(26-16-17-7-3-1-4-8-17)23-22(18-9-5-2-6-10-18)28-25(31-23)27-20-11-12-21-19(15-20)13-14-30-21/h1-15H,16H2,(H,26,29)(H,27,28). The summed E-state index contributed by atoms with van der Waals surface area (Å²) in [5.41, 5.74) is 4.34. The Kier molecular flexibility index (Phi) is 5.21. The Morgan fingerprint density at radius 3 is 2.52 bits per heavy atom. The van der Waals surface area contributed by atoms with E-state index in [0.717, 1.165) is 27.8 Å². The van der Waals surface area contributed by atoms with Gasteiger partial charge >= 0.3 is 0 Å². The van der Waals surface area contributed by atoms with Crippen molar-refractivity contribution in [1.29, 1.82) is 0 Å². The molecule has 0 bridgehead atoms. The molecule has 0 atom stereocenters. The third kappa shape index (κ3) is 4.20. The molecule has 0 aliphatic rings. The van der Waals surface area contributed by atoms with E-state index in [1.807, 2.05) is 84.9 Å². The number of hydrogen-bond acceptors (Lipinski definition) is 5. The Morgan fingerprint density at radius 1 is 0.935 bits per heavy atom. The Hall–Kier alpha value is -3.90. The maximum absolute atomic E-state index is 13.0. The number of nitrogens with one attached hydrogen (secondary N) is 2. The van der Waals surface area contributed by atoms with Gasteiger partial charge in [-0.1, -0.05) is 72.0 Å². The highest BCUT2D eigenvalue weighted by atomic mass is 32.1. The Morgan fingerprint density at radius 2 is 1.71 bits per heavy atom. The van der Waals surface area contributed by atoms with Gasteiger partial charge in [-0.05, 0) is 29.8 Å². The van der Waals surface area contributed by atoms with Crippen LogP contribution in [0.15, 0.2) is 95.6 Å². The molecule has 0 saturated carbocycles. The molecule has 5 nitrogen and oxygen atoms in total. The minimum Gasteiger partial charge on any atom is -0.464 e. The monoisotopic (exact) mass is 425 g/mol. The summed E-state index contributed by atoms with van der Waals surface area (Å²) < 4.78 is 5.41. The summed E-state index contributed by atoms with van der Waals surface area (Å²) in [6, 6.07) is 27.4. The first-order valence-corrected chi connectivity index (χ1v) is 10.7. The molecule has 5 aromatic rings.